The zero-order valence-corrected chi connectivity index (χ0v) is 6.50. The lowest BCUT2D eigenvalue weighted by Gasteiger charge is -2.15. The highest BCUT2D eigenvalue weighted by Crippen LogP contribution is 2.10. The Labute approximate surface area is 61.2 Å². The molecule has 10 heavy (non-hydrogen) atoms. The molecule has 3 N–H and O–H groups in total. The molecule has 0 unspecified atom stereocenters. The summed E-state index contributed by atoms with van der Waals surface area (Å²) in [5, 5.41) is 8.41. The summed E-state index contributed by atoms with van der Waals surface area (Å²) >= 11 is 0. The number of rotatable bonds is 4. The number of nitrogens with two attached hydrogens (primary N) is 1. The maximum atomic E-state index is 10.2. The van der Waals surface area contributed by atoms with Crippen LogP contribution in [0, 0.1) is 5.92 Å². The van der Waals surface area contributed by atoms with Crippen molar-refractivity contribution >= 4 is 5.97 Å². The lowest BCUT2D eigenvalue weighted by molar-refractivity contribution is -0.138. The second-order valence-electron chi connectivity index (χ2n) is 2.63. The van der Waals surface area contributed by atoms with Gasteiger partial charge in [-0.25, -0.2) is 0 Å². The predicted molar refractivity (Wildman–Crippen MR) is 39.7 cm³/mol. The Bertz CT molecular complexity index is 112. The average molecular weight is 145 g/mol. The van der Waals surface area contributed by atoms with E-state index in [2.05, 4.69) is 0 Å². The number of hydrogen-bond donors (Lipinski definition) is 2. The van der Waals surface area contributed by atoms with E-state index in [1.165, 1.54) is 0 Å². The molecule has 2 atom stereocenters. The largest absolute Gasteiger partial charge is 0.481 e. The first kappa shape index (κ1) is 9.43. The topological polar surface area (TPSA) is 63.3 Å². The summed E-state index contributed by atoms with van der Waals surface area (Å²) in [5.41, 5.74) is 5.53. The van der Waals surface area contributed by atoms with E-state index in [1.54, 1.807) is 0 Å². The van der Waals surface area contributed by atoms with Gasteiger partial charge in [0.2, 0.25) is 0 Å². The molecule has 60 valence electrons. The quantitative estimate of drug-likeness (QED) is 0.616. The minimum atomic E-state index is -0.760. The van der Waals surface area contributed by atoms with Crippen molar-refractivity contribution in [3.63, 3.8) is 0 Å². The third kappa shape index (κ3) is 3.45. The molecule has 3 nitrogen and oxygen atoms in total. The molecule has 0 saturated carbocycles. The number of hydrogen-bond acceptors (Lipinski definition) is 2. The molecule has 3 heteroatoms. The molecule has 0 aromatic rings. The van der Waals surface area contributed by atoms with Gasteiger partial charge >= 0.3 is 5.97 Å². The van der Waals surface area contributed by atoms with Crippen molar-refractivity contribution in [2.75, 3.05) is 0 Å². The van der Waals surface area contributed by atoms with Gasteiger partial charge in [-0.15, -0.1) is 0 Å². The van der Waals surface area contributed by atoms with Crippen LogP contribution >= 0.6 is 0 Å². The lowest BCUT2D eigenvalue weighted by atomic mass is 9.96. The van der Waals surface area contributed by atoms with E-state index >= 15 is 0 Å². The van der Waals surface area contributed by atoms with Crippen LogP contribution in [-0.2, 0) is 4.79 Å². The van der Waals surface area contributed by atoms with E-state index in [9.17, 15) is 4.79 Å². The standard InChI is InChI=1S/C7H15NO2/c1-3-6(5(2)8)4-7(9)10/h5-6H,3-4,8H2,1-2H3,(H,9,10)/t5-,6-/m1/s1. The molecule has 0 aromatic heterocycles. The van der Waals surface area contributed by atoms with E-state index in [0.29, 0.717) is 0 Å². The smallest absolute Gasteiger partial charge is 0.303 e. The van der Waals surface area contributed by atoms with Crippen LogP contribution in [-0.4, -0.2) is 17.1 Å². The van der Waals surface area contributed by atoms with Crippen molar-refractivity contribution < 1.29 is 9.90 Å². The molecule has 0 bridgehead atoms. The van der Waals surface area contributed by atoms with Crippen molar-refractivity contribution in [2.45, 2.75) is 32.7 Å². The van der Waals surface area contributed by atoms with Crippen molar-refractivity contribution in [3.05, 3.63) is 0 Å². The maximum absolute atomic E-state index is 10.2. The summed E-state index contributed by atoms with van der Waals surface area (Å²) in [6, 6.07) is -0.0129. The van der Waals surface area contributed by atoms with E-state index in [-0.39, 0.29) is 18.4 Å². The molecular formula is C7H15NO2. The SMILES string of the molecule is CC[C@H](CC(=O)O)[C@@H](C)N. The van der Waals surface area contributed by atoms with Gasteiger partial charge in [-0.3, -0.25) is 4.79 Å². The van der Waals surface area contributed by atoms with Crippen LogP contribution in [0.1, 0.15) is 26.7 Å². The summed E-state index contributed by atoms with van der Waals surface area (Å²) in [7, 11) is 0. The first-order chi connectivity index (χ1) is 4.57. The number of carbonyl (C=O) groups is 1. The average Bonchev–Trinajstić information content (AvgIpc) is 1.81. The fourth-order valence-corrected chi connectivity index (χ4v) is 0.926. The van der Waals surface area contributed by atoms with Crippen LogP contribution in [0.25, 0.3) is 0 Å². The van der Waals surface area contributed by atoms with E-state index in [1.807, 2.05) is 13.8 Å². The molecule has 0 aliphatic rings. The van der Waals surface area contributed by atoms with Gasteiger partial charge in [0.25, 0.3) is 0 Å². The van der Waals surface area contributed by atoms with Crippen molar-refractivity contribution in [1.82, 2.24) is 0 Å². The van der Waals surface area contributed by atoms with Gasteiger partial charge in [-0.1, -0.05) is 13.3 Å². The highest BCUT2D eigenvalue weighted by molar-refractivity contribution is 5.67. The Balaban J connectivity index is 3.71. The zero-order chi connectivity index (χ0) is 8.15. The van der Waals surface area contributed by atoms with E-state index < -0.39 is 5.97 Å². The molecule has 0 rings (SSSR count). The van der Waals surface area contributed by atoms with Gasteiger partial charge in [0.15, 0.2) is 0 Å². The van der Waals surface area contributed by atoms with Crippen LogP contribution < -0.4 is 5.73 Å². The molecule has 0 heterocycles. The summed E-state index contributed by atoms with van der Waals surface area (Å²) in [5.74, 6) is -0.637. The fourth-order valence-electron chi connectivity index (χ4n) is 0.926. The molecule has 0 aliphatic heterocycles. The Kier molecular flexibility index (Phi) is 4.03. The predicted octanol–water partition coefficient (Wildman–Crippen LogP) is 0.835. The highest BCUT2D eigenvalue weighted by atomic mass is 16.4. The third-order valence-electron chi connectivity index (χ3n) is 1.70. The molecule has 0 saturated heterocycles. The van der Waals surface area contributed by atoms with Gasteiger partial charge in [0.05, 0.1) is 0 Å². The minimum Gasteiger partial charge on any atom is -0.481 e. The lowest BCUT2D eigenvalue weighted by Crippen LogP contribution is -2.27. The Morgan fingerprint density at radius 2 is 2.20 bits per heavy atom. The molecular weight excluding hydrogens is 130 g/mol. The van der Waals surface area contributed by atoms with Gasteiger partial charge in [-0.2, -0.15) is 0 Å². The summed E-state index contributed by atoms with van der Waals surface area (Å²) in [6.07, 6.45) is 1.03. The molecule has 0 amide bonds. The van der Waals surface area contributed by atoms with Crippen molar-refractivity contribution in [3.8, 4) is 0 Å². The Morgan fingerprint density at radius 1 is 1.70 bits per heavy atom. The van der Waals surface area contributed by atoms with Gasteiger partial charge < -0.3 is 10.8 Å². The maximum Gasteiger partial charge on any atom is 0.303 e. The second-order valence-corrected chi connectivity index (χ2v) is 2.63. The molecule has 0 fully saturated rings. The second kappa shape index (κ2) is 4.28. The first-order valence-corrected chi connectivity index (χ1v) is 3.55. The zero-order valence-electron chi connectivity index (χ0n) is 6.50. The van der Waals surface area contributed by atoms with Crippen LogP contribution in [0.4, 0.5) is 0 Å². The molecule has 0 aliphatic carbocycles. The van der Waals surface area contributed by atoms with Crippen LogP contribution in [0.5, 0.6) is 0 Å². The third-order valence-corrected chi connectivity index (χ3v) is 1.70. The summed E-state index contributed by atoms with van der Waals surface area (Å²) in [6.45, 7) is 3.80. The molecule has 0 radical (unpaired) electrons. The Morgan fingerprint density at radius 3 is 2.30 bits per heavy atom. The van der Waals surface area contributed by atoms with Crippen molar-refractivity contribution in [2.24, 2.45) is 11.7 Å². The van der Waals surface area contributed by atoms with Crippen LogP contribution in [0.2, 0.25) is 0 Å². The van der Waals surface area contributed by atoms with Crippen LogP contribution in [0.3, 0.4) is 0 Å². The highest BCUT2D eigenvalue weighted by Gasteiger charge is 2.14. The monoisotopic (exact) mass is 145 g/mol. The molecule has 0 aromatic carbocycles. The Hall–Kier alpha value is -0.570. The molecule has 0 spiro atoms. The fraction of sp³-hybridized carbons (Fsp3) is 0.857. The normalized spacial score (nSPS) is 16.3. The van der Waals surface area contributed by atoms with E-state index in [4.69, 9.17) is 10.8 Å². The number of carboxylic acid groups (broad SMARTS) is 1. The first-order valence-electron chi connectivity index (χ1n) is 3.55. The summed E-state index contributed by atoms with van der Waals surface area (Å²) < 4.78 is 0. The number of aliphatic carboxylic acids is 1. The van der Waals surface area contributed by atoms with Crippen molar-refractivity contribution in [1.29, 1.82) is 0 Å². The summed E-state index contributed by atoms with van der Waals surface area (Å²) in [4.78, 5) is 10.2. The van der Waals surface area contributed by atoms with Gasteiger partial charge in [0.1, 0.15) is 0 Å². The van der Waals surface area contributed by atoms with Gasteiger partial charge in [0, 0.05) is 12.5 Å². The van der Waals surface area contributed by atoms with Gasteiger partial charge in [-0.05, 0) is 12.8 Å². The minimum absolute atomic E-state index is 0.0129. The number of carboxylic acids is 1. The van der Waals surface area contributed by atoms with Crippen LogP contribution in [0.15, 0.2) is 0 Å². The van der Waals surface area contributed by atoms with E-state index in [0.717, 1.165) is 6.42 Å².